The minimum Gasteiger partial charge on any atom is -0.320 e. The van der Waals surface area contributed by atoms with Gasteiger partial charge in [-0.25, -0.2) is 12.8 Å². The number of nitrogens with two attached hydrogens (primary N) is 1. The lowest BCUT2D eigenvalue weighted by Crippen LogP contribution is -2.16. The van der Waals surface area contributed by atoms with Crippen LogP contribution in [0.1, 0.15) is 5.56 Å². The van der Waals surface area contributed by atoms with Crippen molar-refractivity contribution < 1.29 is 12.8 Å². The Bertz CT molecular complexity index is 638. The molecule has 0 saturated heterocycles. The third-order valence-electron chi connectivity index (χ3n) is 1.83. The molecule has 1 aromatic rings. The zero-order chi connectivity index (χ0) is 13.6. The summed E-state index contributed by atoms with van der Waals surface area (Å²) >= 11 is 0. The molecule has 0 atom stereocenters. The van der Waals surface area contributed by atoms with Crippen LogP contribution in [0, 0.1) is 29.0 Å². The number of benzene rings is 1. The van der Waals surface area contributed by atoms with E-state index in [4.69, 9.17) is 11.0 Å². The van der Waals surface area contributed by atoms with Crippen LogP contribution in [0.4, 0.5) is 10.1 Å². The molecule has 0 amide bonds. The first kappa shape index (κ1) is 14.0. The third kappa shape index (κ3) is 4.06. The maximum Gasteiger partial charge on any atom is 0.246 e. The Hall–Kier alpha value is -2.09. The molecular formula is C11H10FN3O2S. The van der Waals surface area contributed by atoms with E-state index in [0.29, 0.717) is 0 Å². The topological polar surface area (TPSA) is 96.0 Å². The SMILES string of the molecule is N#CCS(=O)(=O)Nc1ccc(F)cc1C#CCN. The van der Waals surface area contributed by atoms with E-state index in [2.05, 4.69) is 16.6 Å². The van der Waals surface area contributed by atoms with Gasteiger partial charge in [0.1, 0.15) is 5.82 Å². The first-order valence-corrected chi connectivity index (χ1v) is 6.49. The number of hydrogen-bond acceptors (Lipinski definition) is 4. The van der Waals surface area contributed by atoms with Crippen molar-refractivity contribution in [3.8, 4) is 17.9 Å². The molecule has 0 aliphatic heterocycles. The van der Waals surface area contributed by atoms with Gasteiger partial charge in [0.25, 0.3) is 0 Å². The summed E-state index contributed by atoms with van der Waals surface area (Å²) < 4.78 is 38.0. The molecule has 0 unspecified atom stereocenters. The number of halogens is 1. The van der Waals surface area contributed by atoms with Gasteiger partial charge in [-0.2, -0.15) is 5.26 Å². The summed E-state index contributed by atoms with van der Waals surface area (Å²) in [5.74, 6) is 3.83. The predicted molar refractivity (Wildman–Crippen MR) is 65.4 cm³/mol. The van der Waals surface area contributed by atoms with E-state index in [1.807, 2.05) is 0 Å². The summed E-state index contributed by atoms with van der Waals surface area (Å²) in [5, 5.41) is 8.36. The minimum absolute atomic E-state index is 0.0703. The summed E-state index contributed by atoms with van der Waals surface area (Å²) in [5.41, 5.74) is 5.48. The van der Waals surface area contributed by atoms with Gasteiger partial charge in [-0.15, -0.1) is 0 Å². The molecule has 0 radical (unpaired) electrons. The summed E-state index contributed by atoms with van der Waals surface area (Å²) in [4.78, 5) is 0. The number of sulfonamides is 1. The van der Waals surface area contributed by atoms with Crippen LogP contribution in [-0.4, -0.2) is 20.7 Å². The molecule has 0 fully saturated rings. The number of nitrogens with one attached hydrogen (secondary N) is 1. The van der Waals surface area contributed by atoms with Gasteiger partial charge in [0.15, 0.2) is 5.75 Å². The molecule has 0 aliphatic carbocycles. The van der Waals surface area contributed by atoms with Crippen LogP contribution in [0.25, 0.3) is 0 Å². The molecule has 0 spiro atoms. The average molecular weight is 267 g/mol. The number of nitriles is 1. The second kappa shape index (κ2) is 6.01. The maximum atomic E-state index is 13.0. The lowest BCUT2D eigenvalue weighted by Gasteiger charge is -2.07. The monoisotopic (exact) mass is 267 g/mol. The molecule has 0 aliphatic rings. The number of rotatable bonds is 3. The quantitative estimate of drug-likeness (QED) is 0.775. The Morgan fingerprint density at radius 3 is 2.78 bits per heavy atom. The van der Waals surface area contributed by atoms with Gasteiger partial charge < -0.3 is 5.73 Å². The number of hydrogen-bond donors (Lipinski definition) is 2. The molecular weight excluding hydrogens is 257 g/mol. The highest BCUT2D eigenvalue weighted by Gasteiger charge is 2.12. The highest BCUT2D eigenvalue weighted by Crippen LogP contribution is 2.17. The van der Waals surface area contributed by atoms with E-state index < -0.39 is 21.6 Å². The van der Waals surface area contributed by atoms with Crippen LogP contribution >= 0.6 is 0 Å². The molecule has 94 valence electrons. The second-order valence-electron chi connectivity index (χ2n) is 3.22. The summed E-state index contributed by atoms with van der Waals surface area (Å²) in [6, 6.07) is 4.95. The average Bonchev–Trinajstić information content (AvgIpc) is 2.29. The fourth-order valence-electron chi connectivity index (χ4n) is 1.14. The van der Waals surface area contributed by atoms with E-state index in [1.165, 1.54) is 12.1 Å². The molecule has 18 heavy (non-hydrogen) atoms. The molecule has 0 aromatic heterocycles. The van der Waals surface area contributed by atoms with Gasteiger partial charge >= 0.3 is 0 Å². The van der Waals surface area contributed by atoms with Crippen molar-refractivity contribution in [1.29, 1.82) is 5.26 Å². The molecule has 0 bridgehead atoms. The van der Waals surface area contributed by atoms with Crippen LogP contribution in [0.3, 0.4) is 0 Å². The molecule has 7 heteroatoms. The number of anilines is 1. The Morgan fingerprint density at radius 2 is 2.17 bits per heavy atom. The Labute approximate surface area is 104 Å². The summed E-state index contributed by atoms with van der Waals surface area (Å²) in [6.07, 6.45) is 0. The molecule has 0 heterocycles. The lowest BCUT2D eigenvalue weighted by molar-refractivity contribution is 0.604. The Morgan fingerprint density at radius 1 is 1.44 bits per heavy atom. The lowest BCUT2D eigenvalue weighted by atomic mass is 10.2. The highest BCUT2D eigenvalue weighted by atomic mass is 32.2. The normalized spacial score (nSPS) is 10.1. The Balaban J connectivity index is 3.14. The van der Waals surface area contributed by atoms with Gasteiger partial charge in [-0.05, 0) is 18.2 Å². The van der Waals surface area contributed by atoms with Crippen molar-refractivity contribution in [3.63, 3.8) is 0 Å². The highest BCUT2D eigenvalue weighted by molar-refractivity contribution is 7.92. The maximum absolute atomic E-state index is 13.0. The molecule has 1 aromatic carbocycles. The minimum atomic E-state index is -3.78. The van der Waals surface area contributed by atoms with Gasteiger partial charge in [-0.1, -0.05) is 11.8 Å². The van der Waals surface area contributed by atoms with Crippen molar-refractivity contribution in [2.75, 3.05) is 17.0 Å². The van der Waals surface area contributed by atoms with Crippen LogP contribution < -0.4 is 10.5 Å². The predicted octanol–water partition coefficient (Wildman–Crippen LogP) is 0.401. The van der Waals surface area contributed by atoms with Crippen LogP contribution in [0.2, 0.25) is 0 Å². The summed E-state index contributed by atoms with van der Waals surface area (Å²) in [7, 11) is -3.78. The van der Waals surface area contributed by atoms with E-state index in [1.54, 1.807) is 0 Å². The van der Waals surface area contributed by atoms with Gasteiger partial charge in [0.2, 0.25) is 10.0 Å². The van der Waals surface area contributed by atoms with E-state index in [-0.39, 0.29) is 17.8 Å². The van der Waals surface area contributed by atoms with Gasteiger partial charge in [0.05, 0.1) is 23.9 Å². The number of nitrogens with zero attached hydrogens (tertiary/aromatic N) is 1. The van der Waals surface area contributed by atoms with E-state index in [9.17, 15) is 12.8 Å². The first-order valence-electron chi connectivity index (χ1n) is 4.84. The zero-order valence-electron chi connectivity index (χ0n) is 9.27. The van der Waals surface area contributed by atoms with Crippen LogP contribution in [0.15, 0.2) is 18.2 Å². The molecule has 3 N–H and O–H groups in total. The smallest absolute Gasteiger partial charge is 0.246 e. The first-order chi connectivity index (χ1) is 8.48. The second-order valence-corrected chi connectivity index (χ2v) is 4.94. The fraction of sp³-hybridized carbons (Fsp3) is 0.182. The third-order valence-corrected chi connectivity index (χ3v) is 2.87. The largest absolute Gasteiger partial charge is 0.320 e. The standard InChI is InChI=1S/C11H10FN3O2S/c12-10-3-4-11(9(8-10)2-1-5-13)15-18(16,17)7-6-14/h3-4,8,15H,5,7,13H2. The summed E-state index contributed by atoms with van der Waals surface area (Å²) in [6.45, 7) is 0.0703. The van der Waals surface area contributed by atoms with Crippen LogP contribution in [-0.2, 0) is 10.0 Å². The van der Waals surface area contributed by atoms with Crippen molar-refractivity contribution >= 4 is 15.7 Å². The van der Waals surface area contributed by atoms with E-state index in [0.717, 1.165) is 12.1 Å². The molecule has 1 rings (SSSR count). The molecule has 5 nitrogen and oxygen atoms in total. The zero-order valence-corrected chi connectivity index (χ0v) is 10.1. The van der Waals surface area contributed by atoms with Crippen molar-refractivity contribution in [2.45, 2.75) is 0 Å². The Kier molecular flexibility index (Phi) is 4.67. The van der Waals surface area contributed by atoms with Crippen molar-refractivity contribution in [2.24, 2.45) is 5.73 Å². The van der Waals surface area contributed by atoms with Crippen molar-refractivity contribution in [1.82, 2.24) is 0 Å². The van der Waals surface area contributed by atoms with Gasteiger partial charge in [-0.3, -0.25) is 4.72 Å². The van der Waals surface area contributed by atoms with E-state index >= 15 is 0 Å². The fourth-order valence-corrected chi connectivity index (χ4v) is 1.90. The van der Waals surface area contributed by atoms with Gasteiger partial charge in [0, 0.05) is 0 Å². The van der Waals surface area contributed by atoms with Crippen molar-refractivity contribution in [3.05, 3.63) is 29.6 Å². The van der Waals surface area contributed by atoms with Crippen LogP contribution in [0.5, 0.6) is 0 Å². The molecule has 0 saturated carbocycles.